The average molecular weight is 296 g/mol. The maximum atomic E-state index is 12.5. The smallest absolute Gasteiger partial charge is 0.242 e. The molecule has 2 saturated heterocycles. The molecule has 0 aromatic rings. The Balaban J connectivity index is 1.93. The molecular weight excluding hydrogens is 272 g/mol. The first kappa shape index (κ1) is 15.8. The number of rotatable bonds is 4. The van der Waals surface area contributed by atoms with E-state index in [-0.39, 0.29) is 30.1 Å². The quantitative estimate of drug-likeness (QED) is 0.622. The molecule has 2 aliphatic heterocycles. The summed E-state index contributed by atoms with van der Waals surface area (Å²) in [7, 11) is 0. The second-order valence-electron chi connectivity index (χ2n) is 6.46. The second-order valence-corrected chi connectivity index (χ2v) is 6.46. The molecule has 1 spiro atoms. The van der Waals surface area contributed by atoms with Gasteiger partial charge in [0, 0.05) is 26.1 Å². The standard InChI is InChI=1S/C14H24N4O3/c1-13(16,3-2-10(15)19)12(21)18-8-5-14(6-9-18)4-7-17-11(14)20/h2-9,16H2,1H3,(H2,15,19)(H,17,20)/t13-/m1/s1. The van der Waals surface area contributed by atoms with Crippen LogP contribution in [0.3, 0.4) is 0 Å². The lowest BCUT2D eigenvalue weighted by atomic mass is 9.76. The fourth-order valence-corrected chi connectivity index (χ4v) is 3.18. The van der Waals surface area contributed by atoms with Crippen LogP contribution in [0.4, 0.5) is 0 Å². The van der Waals surface area contributed by atoms with Gasteiger partial charge < -0.3 is 21.7 Å². The SMILES string of the molecule is C[C@@](N)(CCC(N)=O)C(=O)N1CCC2(CCNC2=O)CC1. The van der Waals surface area contributed by atoms with Crippen molar-refractivity contribution in [2.45, 2.75) is 44.6 Å². The molecule has 0 aromatic carbocycles. The van der Waals surface area contributed by atoms with Gasteiger partial charge in [-0.2, -0.15) is 0 Å². The first-order valence-electron chi connectivity index (χ1n) is 7.42. The van der Waals surface area contributed by atoms with Gasteiger partial charge in [-0.3, -0.25) is 14.4 Å². The molecule has 2 rings (SSSR count). The number of piperidine rings is 1. The minimum Gasteiger partial charge on any atom is -0.370 e. The summed E-state index contributed by atoms with van der Waals surface area (Å²) in [5.41, 5.74) is 9.76. The Hall–Kier alpha value is -1.63. The summed E-state index contributed by atoms with van der Waals surface area (Å²) in [6.45, 7) is 3.43. The molecule has 0 unspecified atom stereocenters. The molecule has 0 saturated carbocycles. The molecule has 5 N–H and O–H groups in total. The third-order valence-electron chi connectivity index (χ3n) is 4.76. The monoisotopic (exact) mass is 296 g/mol. The van der Waals surface area contributed by atoms with E-state index in [2.05, 4.69) is 5.32 Å². The van der Waals surface area contributed by atoms with E-state index >= 15 is 0 Å². The van der Waals surface area contributed by atoms with Crippen molar-refractivity contribution in [3.05, 3.63) is 0 Å². The van der Waals surface area contributed by atoms with E-state index < -0.39 is 11.4 Å². The first-order valence-corrected chi connectivity index (χ1v) is 7.42. The summed E-state index contributed by atoms with van der Waals surface area (Å²) < 4.78 is 0. The van der Waals surface area contributed by atoms with Crippen molar-refractivity contribution < 1.29 is 14.4 Å². The molecule has 7 heteroatoms. The Kier molecular flexibility index (Phi) is 4.22. The highest BCUT2D eigenvalue weighted by Crippen LogP contribution is 2.38. The van der Waals surface area contributed by atoms with Gasteiger partial charge >= 0.3 is 0 Å². The fourth-order valence-electron chi connectivity index (χ4n) is 3.18. The van der Waals surface area contributed by atoms with E-state index in [1.54, 1.807) is 11.8 Å². The highest BCUT2D eigenvalue weighted by molar-refractivity contribution is 5.88. The third-order valence-corrected chi connectivity index (χ3v) is 4.76. The molecule has 0 aliphatic carbocycles. The van der Waals surface area contributed by atoms with E-state index in [4.69, 9.17) is 11.5 Å². The Morgan fingerprint density at radius 2 is 1.95 bits per heavy atom. The van der Waals surface area contributed by atoms with Crippen molar-refractivity contribution in [1.82, 2.24) is 10.2 Å². The first-order chi connectivity index (χ1) is 9.77. The Morgan fingerprint density at radius 1 is 1.33 bits per heavy atom. The van der Waals surface area contributed by atoms with E-state index in [1.807, 2.05) is 0 Å². The number of nitrogens with zero attached hydrogens (tertiary/aromatic N) is 1. The largest absolute Gasteiger partial charge is 0.370 e. The summed E-state index contributed by atoms with van der Waals surface area (Å²) in [6, 6.07) is 0. The van der Waals surface area contributed by atoms with Crippen LogP contribution in [-0.2, 0) is 14.4 Å². The second kappa shape index (κ2) is 5.63. The van der Waals surface area contributed by atoms with Gasteiger partial charge in [-0.1, -0.05) is 0 Å². The van der Waals surface area contributed by atoms with E-state index in [0.717, 1.165) is 13.0 Å². The van der Waals surface area contributed by atoms with Gasteiger partial charge in [0.2, 0.25) is 17.7 Å². The third kappa shape index (κ3) is 3.18. The molecule has 21 heavy (non-hydrogen) atoms. The number of nitrogens with one attached hydrogen (secondary N) is 1. The molecule has 1 atom stereocenters. The zero-order valence-electron chi connectivity index (χ0n) is 12.5. The van der Waals surface area contributed by atoms with E-state index in [1.165, 1.54) is 0 Å². The number of primary amides is 1. The van der Waals surface area contributed by atoms with Crippen molar-refractivity contribution in [2.75, 3.05) is 19.6 Å². The number of carbonyl (C=O) groups is 3. The summed E-state index contributed by atoms with van der Waals surface area (Å²) in [5.74, 6) is -0.518. The van der Waals surface area contributed by atoms with Crippen LogP contribution in [0.5, 0.6) is 0 Å². The fraction of sp³-hybridized carbons (Fsp3) is 0.786. The molecular formula is C14H24N4O3. The van der Waals surface area contributed by atoms with Gasteiger partial charge in [-0.05, 0) is 32.6 Å². The molecule has 118 valence electrons. The summed E-state index contributed by atoms with van der Waals surface area (Å²) >= 11 is 0. The summed E-state index contributed by atoms with van der Waals surface area (Å²) in [5, 5.41) is 2.87. The highest BCUT2D eigenvalue weighted by Gasteiger charge is 2.46. The summed E-state index contributed by atoms with van der Waals surface area (Å²) in [4.78, 5) is 36.9. The highest BCUT2D eigenvalue weighted by atomic mass is 16.2. The average Bonchev–Trinajstić information content (AvgIpc) is 2.78. The molecule has 0 radical (unpaired) electrons. The molecule has 2 fully saturated rings. The topological polar surface area (TPSA) is 119 Å². The Labute approximate surface area is 124 Å². The van der Waals surface area contributed by atoms with Crippen molar-refractivity contribution >= 4 is 17.7 Å². The van der Waals surface area contributed by atoms with Crippen LogP contribution in [0.25, 0.3) is 0 Å². The number of nitrogens with two attached hydrogens (primary N) is 2. The number of likely N-dealkylation sites (tertiary alicyclic amines) is 1. The van der Waals surface area contributed by atoms with Crippen molar-refractivity contribution in [3.63, 3.8) is 0 Å². The van der Waals surface area contributed by atoms with Crippen LogP contribution in [0.15, 0.2) is 0 Å². The van der Waals surface area contributed by atoms with Gasteiger partial charge in [0.1, 0.15) is 0 Å². The number of carbonyl (C=O) groups excluding carboxylic acids is 3. The predicted octanol–water partition coefficient (Wildman–Crippen LogP) is -0.902. The Bertz CT molecular complexity index is 453. The van der Waals surface area contributed by atoms with Crippen molar-refractivity contribution in [2.24, 2.45) is 16.9 Å². The molecule has 0 aromatic heterocycles. The summed E-state index contributed by atoms with van der Waals surface area (Å²) in [6.07, 6.45) is 2.53. The van der Waals surface area contributed by atoms with Crippen molar-refractivity contribution in [1.29, 1.82) is 0 Å². The minimum atomic E-state index is -1.09. The zero-order chi connectivity index (χ0) is 15.7. The number of amides is 3. The van der Waals surface area contributed by atoms with Crippen LogP contribution in [0, 0.1) is 5.41 Å². The number of hydrogen-bond donors (Lipinski definition) is 3. The van der Waals surface area contributed by atoms with E-state index in [9.17, 15) is 14.4 Å². The van der Waals surface area contributed by atoms with E-state index in [0.29, 0.717) is 25.9 Å². The molecule has 2 heterocycles. The Morgan fingerprint density at radius 3 is 2.43 bits per heavy atom. The zero-order valence-corrected chi connectivity index (χ0v) is 12.5. The molecule has 3 amide bonds. The lowest BCUT2D eigenvalue weighted by molar-refractivity contribution is -0.142. The lowest BCUT2D eigenvalue weighted by Crippen LogP contribution is -2.56. The van der Waals surface area contributed by atoms with Crippen LogP contribution in [0.1, 0.15) is 39.0 Å². The predicted molar refractivity (Wildman–Crippen MR) is 76.9 cm³/mol. The molecule has 7 nitrogen and oxygen atoms in total. The molecule has 2 aliphatic rings. The van der Waals surface area contributed by atoms with Crippen molar-refractivity contribution in [3.8, 4) is 0 Å². The van der Waals surface area contributed by atoms with Gasteiger partial charge in [0.05, 0.1) is 11.0 Å². The van der Waals surface area contributed by atoms with Gasteiger partial charge in [-0.25, -0.2) is 0 Å². The van der Waals surface area contributed by atoms with Crippen LogP contribution in [-0.4, -0.2) is 47.8 Å². The van der Waals surface area contributed by atoms with Gasteiger partial charge in [0.15, 0.2) is 0 Å². The maximum Gasteiger partial charge on any atom is 0.242 e. The number of hydrogen-bond acceptors (Lipinski definition) is 4. The lowest BCUT2D eigenvalue weighted by Gasteiger charge is -2.40. The van der Waals surface area contributed by atoms with Crippen LogP contribution < -0.4 is 16.8 Å². The normalized spacial score (nSPS) is 23.7. The minimum absolute atomic E-state index is 0.0962. The van der Waals surface area contributed by atoms with Crippen LogP contribution >= 0.6 is 0 Å². The molecule has 0 bridgehead atoms. The van der Waals surface area contributed by atoms with Gasteiger partial charge in [0.25, 0.3) is 0 Å². The van der Waals surface area contributed by atoms with Gasteiger partial charge in [-0.15, -0.1) is 0 Å². The van der Waals surface area contributed by atoms with Crippen LogP contribution in [0.2, 0.25) is 0 Å². The maximum absolute atomic E-state index is 12.5.